The molecule has 11 heavy (non-hydrogen) atoms. The molecule has 64 valence electrons. The zero-order valence-corrected chi connectivity index (χ0v) is 7.61. The van der Waals surface area contributed by atoms with Gasteiger partial charge in [-0.15, -0.1) is 0 Å². The maximum Gasteiger partial charge on any atom is 0.135 e. The van der Waals surface area contributed by atoms with Crippen LogP contribution in [-0.4, -0.2) is 12.8 Å². The summed E-state index contributed by atoms with van der Waals surface area (Å²) in [5, 5.41) is 2.91. The molecule has 0 rings (SSSR count). The van der Waals surface area contributed by atoms with Gasteiger partial charge in [0.05, 0.1) is 0 Å². The molecule has 0 aromatic rings. The molecule has 0 aliphatic rings. The minimum Gasteiger partial charge on any atom is -0.392 e. The summed E-state index contributed by atoms with van der Waals surface area (Å²) in [6.45, 7) is 7.58. The maximum atomic E-state index is 11.1. The SMILES string of the molecule is C=C(CCC(=O)C(C)C)NC. The van der Waals surface area contributed by atoms with E-state index in [-0.39, 0.29) is 5.92 Å². The highest BCUT2D eigenvalue weighted by atomic mass is 16.1. The summed E-state index contributed by atoms with van der Waals surface area (Å²) in [7, 11) is 1.82. The molecule has 0 bridgehead atoms. The highest BCUT2D eigenvalue weighted by Crippen LogP contribution is 2.04. The van der Waals surface area contributed by atoms with E-state index in [1.165, 1.54) is 0 Å². The predicted octanol–water partition coefficient (Wildman–Crippen LogP) is 1.72. The number of nitrogens with one attached hydrogen (secondary N) is 1. The van der Waals surface area contributed by atoms with Crippen molar-refractivity contribution < 1.29 is 4.79 Å². The predicted molar refractivity (Wildman–Crippen MR) is 47.3 cm³/mol. The average Bonchev–Trinajstić information content (AvgIpc) is 1.99. The van der Waals surface area contributed by atoms with Crippen molar-refractivity contribution >= 4 is 5.78 Å². The Kier molecular flexibility index (Phi) is 4.59. The molecule has 0 aromatic carbocycles. The summed E-state index contributed by atoms with van der Waals surface area (Å²) in [6.07, 6.45) is 1.37. The third-order valence-corrected chi connectivity index (χ3v) is 1.67. The Labute approximate surface area is 68.7 Å². The Bertz CT molecular complexity index is 150. The molecule has 0 aliphatic carbocycles. The molecule has 2 heteroatoms. The van der Waals surface area contributed by atoms with Crippen LogP contribution in [0.5, 0.6) is 0 Å². The van der Waals surface area contributed by atoms with E-state index in [9.17, 15) is 4.79 Å². The first kappa shape index (κ1) is 10.2. The molecular weight excluding hydrogens is 138 g/mol. The van der Waals surface area contributed by atoms with Crippen molar-refractivity contribution in [3.63, 3.8) is 0 Å². The lowest BCUT2D eigenvalue weighted by molar-refractivity contribution is -0.121. The van der Waals surface area contributed by atoms with E-state index < -0.39 is 0 Å². The fraction of sp³-hybridized carbons (Fsp3) is 0.667. The van der Waals surface area contributed by atoms with Crippen LogP contribution in [0.4, 0.5) is 0 Å². The van der Waals surface area contributed by atoms with Crippen molar-refractivity contribution in [3.05, 3.63) is 12.3 Å². The Morgan fingerprint density at radius 3 is 2.36 bits per heavy atom. The van der Waals surface area contributed by atoms with Crippen molar-refractivity contribution in [2.75, 3.05) is 7.05 Å². The summed E-state index contributed by atoms with van der Waals surface area (Å²) in [4.78, 5) is 11.1. The standard InChI is InChI=1S/C9H17NO/c1-7(2)9(11)6-5-8(3)10-4/h7,10H,3,5-6H2,1-2,4H3. The van der Waals surface area contributed by atoms with Crippen LogP contribution in [0.2, 0.25) is 0 Å². The molecule has 0 atom stereocenters. The fourth-order valence-corrected chi connectivity index (χ4v) is 0.688. The van der Waals surface area contributed by atoms with E-state index in [0.29, 0.717) is 12.2 Å². The minimum absolute atomic E-state index is 0.152. The van der Waals surface area contributed by atoms with Gasteiger partial charge in [0.15, 0.2) is 0 Å². The molecule has 0 saturated carbocycles. The monoisotopic (exact) mass is 155 g/mol. The van der Waals surface area contributed by atoms with Gasteiger partial charge in [-0.05, 0) is 6.42 Å². The number of ketones is 1. The number of hydrogen-bond acceptors (Lipinski definition) is 2. The Balaban J connectivity index is 3.54. The highest BCUT2D eigenvalue weighted by Gasteiger charge is 2.06. The molecule has 1 N–H and O–H groups in total. The summed E-state index contributed by atoms with van der Waals surface area (Å²) in [5.74, 6) is 0.459. The number of Topliss-reactive ketones (excluding diaryl/α,β-unsaturated/α-hetero) is 1. The molecule has 0 aromatic heterocycles. The van der Waals surface area contributed by atoms with E-state index in [1.54, 1.807) is 0 Å². The molecular formula is C9H17NO. The van der Waals surface area contributed by atoms with Crippen molar-refractivity contribution in [2.24, 2.45) is 5.92 Å². The molecule has 0 fully saturated rings. The van der Waals surface area contributed by atoms with Gasteiger partial charge < -0.3 is 5.32 Å². The molecule has 2 nitrogen and oxygen atoms in total. The number of rotatable bonds is 5. The zero-order valence-electron chi connectivity index (χ0n) is 7.61. The Morgan fingerprint density at radius 2 is 2.00 bits per heavy atom. The number of carbonyl (C=O) groups excluding carboxylic acids is 1. The Hall–Kier alpha value is -0.790. The second kappa shape index (κ2) is 4.94. The van der Waals surface area contributed by atoms with Gasteiger partial charge in [0.2, 0.25) is 0 Å². The van der Waals surface area contributed by atoms with Gasteiger partial charge in [-0.25, -0.2) is 0 Å². The third-order valence-electron chi connectivity index (χ3n) is 1.67. The van der Waals surface area contributed by atoms with Crippen LogP contribution in [0, 0.1) is 5.92 Å². The highest BCUT2D eigenvalue weighted by molar-refractivity contribution is 5.80. The van der Waals surface area contributed by atoms with Crippen LogP contribution in [-0.2, 0) is 4.79 Å². The first-order chi connectivity index (χ1) is 5.07. The largest absolute Gasteiger partial charge is 0.392 e. The summed E-state index contributed by atoms with van der Waals surface area (Å²) < 4.78 is 0. The normalized spacial score (nSPS) is 9.82. The Morgan fingerprint density at radius 1 is 1.45 bits per heavy atom. The van der Waals surface area contributed by atoms with E-state index in [4.69, 9.17) is 0 Å². The van der Waals surface area contributed by atoms with Crippen LogP contribution >= 0.6 is 0 Å². The van der Waals surface area contributed by atoms with E-state index >= 15 is 0 Å². The number of carbonyl (C=O) groups is 1. The fourth-order valence-electron chi connectivity index (χ4n) is 0.688. The molecule has 0 heterocycles. The molecule has 0 saturated heterocycles. The van der Waals surface area contributed by atoms with E-state index in [1.807, 2.05) is 20.9 Å². The first-order valence-corrected chi connectivity index (χ1v) is 3.96. The molecule has 0 unspecified atom stereocenters. The third kappa shape index (κ3) is 4.59. The summed E-state index contributed by atoms with van der Waals surface area (Å²) >= 11 is 0. The topological polar surface area (TPSA) is 29.1 Å². The van der Waals surface area contributed by atoms with Crippen LogP contribution in [0.15, 0.2) is 12.3 Å². The average molecular weight is 155 g/mol. The quantitative estimate of drug-likeness (QED) is 0.655. The van der Waals surface area contributed by atoms with Gasteiger partial charge in [-0.3, -0.25) is 4.79 Å². The molecule has 0 amide bonds. The van der Waals surface area contributed by atoms with Crippen LogP contribution < -0.4 is 5.32 Å². The number of allylic oxidation sites excluding steroid dienone is 1. The zero-order chi connectivity index (χ0) is 8.85. The summed E-state index contributed by atoms with van der Waals surface area (Å²) in [6, 6.07) is 0. The van der Waals surface area contributed by atoms with Gasteiger partial charge in [-0.1, -0.05) is 20.4 Å². The molecule has 0 aliphatic heterocycles. The first-order valence-electron chi connectivity index (χ1n) is 3.96. The van der Waals surface area contributed by atoms with Crippen molar-refractivity contribution in [2.45, 2.75) is 26.7 Å². The van der Waals surface area contributed by atoms with Gasteiger partial charge in [0.1, 0.15) is 5.78 Å². The lowest BCUT2D eigenvalue weighted by Gasteiger charge is -2.05. The smallest absolute Gasteiger partial charge is 0.135 e. The van der Waals surface area contributed by atoms with Crippen molar-refractivity contribution in [3.8, 4) is 0 Å². The lowest BCUT2D eigenvalue weighted by Crippen LogP contribution is -2.10. The number of hydrogen-bond donors (Lipinski definition) is 1. The van der Waals surface area contributed by atoms with E-state index in [2.05, 4.69) is 11.9 Å². The van der Waals surface area contributed by atoms with Gasteiger partial charge >= 0.3 is 0 Å². The van der Waals surface area contributed by atoms with Crippen LogP contribution in [0.1, 0.15) is 26.7 Å². The maximum absolute atomic E-state index is 11.1. The van der Waals surface area contributed by atoms with Crippen LogP contribution in [0.25, 0.3) is 0 Å². The van der Waals surface area contributed by atoms with Crippen molar-refractivity contribution in [1.82, 2.24) is 5.32 Å². The van der Waals surface area contributed by atoms with Crippen LogP contribution in [0.3, 0.4) is 0 Å². The second-order valence-electron chi connectivity index (χ2n) is 2.97. The minimum atomic E-state index is 0.152. The van der Waals surface area contributed by atoms with Gasteiger partial charge in [0.25, 0.3) is 0 Å². The molecule has 0 spiro atoms. The second-order valence-corrected chi connectivity index (χ2v) is 2.97. The van der Waals surface area contributed by atoms with Crippen molar-refractivity contribution in [1.29, 1.82) is 0 Å². The van der Waals surface area contributed by atoms with Gasteiger partial charge in [0, 0.05) is 25.1 Å². The van der Waals surface area contributed by atoms with E-state index in [0.717, 1.165) is 12.1 Å². The lowest BCUT2D eigenvalue weighted by atomic mass is 10.0. The molecule has 0 radical (unpaired) electrons. The summed E-state index contributed by atoms with van der Waals surface area (Å²) in [5.41, 5.74) is 0.930. The van der Waals surface area contributed by atoms with Gasteiger partial charge in [-0.2, -0.15) is 0 Å².